The molecule has 0 amide bonds. The molecule has 0 saturated heterocycles. The number of hydrogen-bond donors (Lipinski definition) is 1. The van der Waals surface area contributed by atoms with Crippen molar-refractivity contribution in [3.63, 3.8) is 0 Å². The van der Waals surface area contributed by atoms with E-state index in [0.717, 1.165) is 30.9 Å². The second-order valence-corrected chi connectivity index (χ2v) is 6.65. The van der Waals surface area contributed by atoms with Crippen LogP contribution in [0.4, 0.5) is 0 Å². The predicted molar refractivity (Wildman–Crippen MR) is 91.2 cm³/mol. The molecule has 0 atom stereocenters. The highest BCUT2D eigenvalue weighted by Crippen LogP contribution is 2.33. The minimum absolute atomic E-state index is 0.655. The van der Waals surface area contributed by atoms with Gasteiger partial charge in [0.1, 0.15) is 5.82 Å². The van der Waals surface area contributed by atoms with Crippen LogP contribution < -0.4 is 5.32 Å². The molecular weight excluding hydrogens is 286 g/mol. The third-order valence-electron chi connectivity index (χ3n) is 4.60. The van der Waals surface area contributed by atoms with Gasteiger partial charge in [-0.25, -0.2) is 9.97 Å². The first kappa shape index (κ1) is 16.1. The molecule has 1 aliphatic rings. The molecule has 1 N–H and O–H groups in total. The zero-order valence-corrected chi connectivity index (χ0v) is 14.3. The van der Waals surface area contributed by atoms with Gasteiger partial charge >= 0.3 is 0 Å². The number of aromatic nitrogens is 4. The number of nitrogens with one attached hydrogen (secondary N) is 1. The summed E-state index contributed by atoms with van der Waals surface area (Å²) in [5, 5.41) is 8.26. The standard InChI is InChI=1S/C18H27N5/c1-14-10-20-17(21-11-14)8-9-19-12-16-13-23(2)22-18(16)15-6-4-3-5-7-15/h10-11,13,15,19H,3-9,12H2,1-2H3. The van der Waals surface area contributed by atoms with Crippen LogP contribution in [0.3, 0.4) is 0 Å². The van der Waals surface area contributed by atoms with Crippen molar-refractivity contribution in [1.29, 1.82) is 0 Å². The third-order valence-corrected chi connectivity index (χ3v) is 4.60. The van der Waals surface area contributed by atoms with Crippen LogP contribution in [0, 0.1) is 6.92 Å². The molecule has 0 bridgehead atoms. The van der Waals surface area contributed by atoms with Gasteiger partial charge in [-0.05, 0) is 25.3 Å². The van der Waals surface area contributed by atoms with Gasteiger partial charge in [0.25, 0.3) is 0 Å². The topological polar surface area (TPSA) is 55.6 Å². The zero-order chi connectivity index (χ0) is 16.1. The number of aryl methyl sites for hydroxylation is 2. The second kappa shape index (κ2) is 7.68. The Morgan fingerprint density at radius 1 is 1.17 bits per heavy atom. The molecule has 5 heteroatoms. The summed E-state index contributed by atoms with van der Waals surface area (Å²) in [6.45, 7) is 3.78. The third kappa shape index (κ3) is 4.38. The fourth-order valence-electron chi connectivity index (χ4n) is 3.38. The van der Waals surface area contributed by atoms with Crippen LogP contribution in [0.15, 0.2) is 18.6 Å². The molecule has 2 heterocycles. The Morgan fingerprint density at radius 2 is 1.91 bits per heavy atom. The first-order valence-corrected chi connectivity index (χ1v) is 8.73. The highest BCUT2D eigenvalue weighted by Gasteiger charge is 2.21. The lowest BCUT2D eigenvalue weighted by molar-refractivity contribution is 0.431. The van der Waals surface area contributed by atoms with Crippen LogP contribution in [0.2, 0.25) is 0 Å². The maximum atomic E-state index is 4.73. The van der Waals surface area contributed by atoms with Gasteiger partial charge in [0.05, 0.1) is 5.69 Å². The van der Waals surface area contributed by atoms with Crippen LogP contribution in [0.25, 0.3) is 0 Å². The number of rotatable bonds is 6. The van der Waals surface area contributed by atoms with Crippen molar-refractivity contribution in [1.82, 2.24) is 25.1 Å². The Kier molecular flexibility index (Phi) is 5.39. The van der Waals surface area contributed by atoms with Crippen LogP contribution in [0.5, 0.6) is 0 Å². The van der Waals surface area contributed by atoms with E-state index in [1.165, 1.54) is 43.4 Å². The van der Waals surface area contributed by atoms with Crippen LogP contribution in [0.1, 0.15) is 60.7 Å². The molecule has 2 aromatic heterocycles. The molecule has 1 fully saturated rings. The lowest BCUT2D eigenvalue weighted by atomic mass is 9.85. The molecule has 0 spiro atoms. The van der Waals surface area contributed by atoms with E-state index in [-0.39, 0.29) is 0 Å². The Balaban J connectivity index is 1.52. The van der Waals surface area contributed by atoms with E-state index in [9.17, 15) is 0 Å². The largest absolute Gasteiger partial charge is 0.312 e. The molecule has 2 aromatic rings. The highest BCUT2D eigenvalue weighted by molar-refractivity contribution is 5.21. The van der Waals surface area contributed by atoms with E-state index in [4.69, 9.17) is 5.10 Å². The zero-order valence-electron chi connectivity index (χ0n) is 14.3. The van der Waals surface area contributed by atoms with Crippen LogP contribution in [-0.4, -0.2) is 26.3 Å². The Bertz CT molecular complexity index is 611. The van der Waals surface area contributed by atoms with Crippen molar-refractivity contribution < 1.29 is 0 Å². The summed E-state index contributed by atoms with van der Waals surface area (Å²) >= 11 is 0. The van der Waals surface area contributed by atoms with Crippen molar-refractivity contribution in [2.75, 3.05) is 6.54 Å². The number of nitrogens with zero attached hydrogens (tertiary/aromatic N) is 4. The van der Waals surface area contributed by atoms with Crippen molar-refractivity contribution in [2.24, 2.45) is 7.05 Å². The normalized spacial score (nSPS) is 15.9. The Morgan fingerprint density at radius 3 is 2.65 bits per heavy atom. The van der Waals surface area contributed by atoms with Gasteiger partial charge in [-0.1, -0.05) is 19.3 Å². The van der Waals surface area contributed by atoms with E-state index in [2.05, 4.69) is 21.5 Å². The quantitative estimate of drug-likeness (QED) is 0.833. The Labute approximate surface area is 138 Å². The maximum Gasteiger partial charge on any atom is 0.129 e. The van der Waals surface area contributed by atoms with Crippen molar-refractivity contribution in [2.45, 2.75) is 57.9 Å². The van der Waals surface area contributed by atoms with E-state index in [1.54, 1.807) is 0 Å². The molecular formula is C18H27N5. The average Bonchev–Trinajstić information content (AvgIpc) is 2.95. The van der Waals surface area contributed by atoms with Crippen molar-refractivity contribution >= 4 is 0 Å². The molecule has 0 aromatic carbocycles. The summed E-state index contributed by atoms with van der Waals surface area (Å²) in [6.07, 6.45) is 13.4. The molecule has 1 saturated carbocycles. The summed E-state index contributed by atoms with van der Waals surface area (Å²) in [7, 11) is 2.02. The minimum atomic E-state index is 0.655. The van der Waals surface area contributed by atoms with Gasteiger partial charge in [-0.3, -0.25) is 4.68 Å². The van der Waals surface area contributed by atoms with E-state index in [0.29, 0.717) is 5.92 Å². The smallest absolute Gasteiger partial charge is 0.129 e. The van der Waals surface area contributed by atoms with Gasteiger partial charge in [0.2, 0.25) is 0 Å². The predicted octanol–water partition coefficient (Wildman–Crippen LogP) is 2.90. The van der Waals surface area contributed by atoms with E-state index in [1.807, 2.05) is 31.0 Å². The summed E-state index contributed by atoms with van der Waals surface area (Å²) in [6, 6.07) is 0. The molecule has 5 nitrogen and oxygen atoms in total. The Hall–Kier alpha value is -1.75. The fraction of sp³-hybridized carbons (Fsp3) is 0.611. The molecule has 0 aliphatic heterocycles. The minimum Gasteiger partial charge on any atom is -0.312 e. The van der Waals surface area contributed by atoms with Crippen LogP contribution in [-0.2, 0) is 20.0 Å². The summed E-state index contributed by atoms with van der Waals surface area (Å²) in [4.78, 5) is 8.70. The molecule has 1 aliphatic carbocycles. The first-order valence-electron chi connectivity index (χ1n) is 8.73. The molecule has 124 valence electrons. The van der Waals surface area contributed by atoms with Crippen LogP contribution >= 0.6 is 0 Å². The molecule has 0 radical (unpaired) electrons. The van der Waals surface area contributed by atoms with Gasteiger partial charge in [-0.15, -0.1) is 0 Å². The lowest BCUT2D eigenvalue weighted by Gasteiger charge is -2.21. The fourth-order valence-corrected chi connectivity index (χ4v) is 3.38. The molecule has 3 rings (SSSR count). The summed E-state index contributed by atoms with van der Waals surface area (Å²) in [5.74, 6) is 1.56. The van der Waals surface area contributed by atoms with Gasteiger partial charge < -0.3 is 5.32 Å². The first-order chi connectivity index (χ1) is 11.2. The molecule has 0 unspecified atom stereocenters. The van der Waals surface area contributed by atoms with E-state index >= 15 is 0 Å². The molecule has 23 heavy (non-hydrogen) atoms. The maximum absolute atomic E-state index is 4.73. The lowest BCUT2D eigenvalue weighted by Crippen LogP contribution is -2.19. The van der Waals surface area contributed by atoms with Crippen molar-refractivity contribution in [3.05, 3.63) is 41.2 Å². The second-order valence-electron chi connectivity index (χ2n) is 6.65. The monoisotopic (exact) mass is 313 g/mol. The summed E-state index contributed by atoms with van der Waals surface area (Å²) in [5.41, 5.74) is 3.77. The van der Waals surface area contributed by atoms with Gasteiger partial charge in [-0.2, -0.15) is 5.10 Å². The van der Waals surface area contributed by atoms with Gasteiger partial charge in [0.15, 0.2) is 0 Å². The highest BCUT2D eigenvalue weighted by atomic mass is 15.3. The van der Waals surface area contributed by atoms with Crippen molar-refractivity contribution in [3.8, 4) is 0 Å². The van der Waals surface area contributed by atoms with Gasteiger partial charge in [0, 0.05) is 56.6 Å². The average molecular weight is 313 g/mol. The summed E-state index contributed by atoms with van der Waals surface area (Å²) < 4.78 is 1.96. The number of hydrogen-bond acceptors (Lipinski definition) is 4. The SMILES string of the molecule is Cc1cnc(CCNCc2cn(C)nc2C2CCCCC2)nc1. The van der Waals surface area contributed by atoms with E-state index < -0.39 is 0 Å².